The van der Waals surface area contributed by atoms with Gasteiger partial charge in [-0.05, 0) is 6.92 Å². The summed E-state index contributed by atoms with van der Waals surface area (Å²) in [5.41, 5.74) is 0.500. The molecule has 1 unspecified atom stereocenters. The summed E-state index contributed by atoms with van der Waals surface area (Å²) in [5.74, 6) is 0. The van der Waals surface area contributed by atoms with Crippen molar-refractivity contribution in [2.24, 2.45) is 4.40 Å². The highest BCUT2D eigenvalue weighted by Crippen LogP contribution is 2.16. The van der Waals surface area contributed by atoms with Gasteiger partial charge in [0.15, 0.2) is 6.10 Å². The minimum atomic E-state index is -0.944. The number of carbonyl (C=O) groups is 1. The van der Waals surface area contributed by atoms with E-state index >= 15 is 0 Å². The lowest BCUT2D eigenvalue weighted by Crippen LogP contribution is -2.19. The molecule has 0 aromatic rings. The number of hydrogen-bond donors (Lipinski definition) is 1. The van der Waals surface area contributed by atoms with Crippen LogP contribution in [0.1, 0.15) is 6.92 Å². The topological polar surface area (TPSA) is 49.7 Å². The van der Waals surface area contributed by atoms with Crippen LogP contribution in [-0.4, -0.2) is 22.0 Å². The molecule has 1 heterocycles. The zero-order chi connectivity index (χ0) is 6.15. The van der Waals surface area contributed by atoms with Crippen LogP contribution in [0, 0.1) is 0 Å². The van der Waals surface area contributed by atoms with E-state index in [1.807, 2.05) is 0 Å². The van der Waals surface area contributed by atoms with E-state index < -0.39 is 6.10 Å². The summed E-state index contributed by atoms with van der Waals surface area (Å²) in [5, 5.41) is 8.49. The van der Waals surface area contributed by atoms with Crippen LogP contribution in [0.5, 0.6) is 0 Å². The lowest BCUT2D eigenvalue weighted by Gasteiger charge is -1.92. The van der Waals surface area contributed by atoms with Crippen LogP contribution in [0.2, 0.25) is 0 Å². The number of carbonyl (C=O) groups excluding carboxylic acids is 1. The molecule has 1 aliphatic rings. The van der Waals surface area contributed by atoms with Gasteiger partial charge in [-0.25, -0.2) is 4.40 Å². The second kappa shape index (κ2) is 1.87. The predicted molar refractivity (Wildman–Crippen MR) is 31.7 cm³/mol. The lowest BCUT2D eigenvalue weighted by molar-refractivity contribution is -0.115. The van der Waals surface area contributed by atoms with E-state index in [0.717, 1.165) is 11.9 Å². The Morgan fingerprint density at radius 1 is 1.88 bits per heavy atom. The van der Waals surface area contributed by atoms with Gasteiger partial charge in [0.1, 0.15) is 0 Å². The van der Waals surface area contributed by atoms with Gasteiger partial charge in [0.2, 0.25) is 5.12 Å². The van der Waals surface area contributed by atoms with Crippen LogP contribution in [-0.2, 0) is 4.79 Å². The first-order valence-electron chi connectivity index (χ1n) is 2.15. The molecule has 44 valence electrons. The smallest absolute Gasteiger partial charge is 0.245 e. The maximum atomic E-state index is 10.4. The molecule has 3 nitrogen and oxygen atoms in total. The molecule has 0 fully saturated rings. The Hall–Kier alpha value is -0.350. The molecule has 0 saturated heterocycles. The Morgan fingerprint density at radius 3 is 2.62 bits per heavy atom. The van der Waals surface area contributed by atoms with Gasteiger partial charge in [0.25, 0.3) is 0 Å². The molecule has 0 aromatic carbocycles. The first-order chi connectivity index (χ1) is 3.72. The molecule has 8 heavy (non-hydrogen) atoms. The molecule has 0 amide bonds. The molecule has 0 saturated carbocycles. The van der Waals surface area contributed by atoms with E-state index in [2.05, 4.69) is 4.40 Å². The van der Waals surface area contributed by atoms with E-state index in [0.29, 0.717) is 5.71 Å². The molecule has 0 bridgehead atoms. The van der Waals surface area contributed by atoms with Crippen molar-refractivity contribution in [1.29, 1.82) is 0 Å². The fraction of sp³-hybridized carbons (Fsp3) is 0.500. The van der Waals surface area contributed by atoms with E-state index in [1.165, 1.54) is 0 Å². The van der Waals surface area contributed by atoms with Gasteiger partial charge in [-0.2, -0.15) is 0 Å². The summed E-state index contributed by atoms with van der Waals surface area (Å²) in [6.07, 6.45) is -0.944. The standard InChI is InChI=1S/C4H5NO2S/c1-2-3(6)4(7)8-5-2/h3,6H,1H3. The minimum absolute atomic E-state index is 0.275. The zero-order valence-corrected chi connectivity index (χ0v) is 5.10. The van der Waals surface area contributed by atoms with Crippen molar-refractivity contribution in [3.05, 3.63) is 0 Å². The van der Waals surface area contributed by atoms with Crippen LogP contribution in [0.4, 0.5) is 0 Å². The lowest BCUT2D eigenvalue weighted by atomic mass is 10.3. The predicted octanol–water partition coefficient (Wildman–Crippen LogP) is -0.00340. The molecule has 1 aliphatic heterocycles. The maximum Gasteiger partial charge on any atom is 0.245 e. The maximum absolute atomic E-state index is 10.4. The summed E-state index contributed by atoms with van der Waals surface area (Å²) in [6.45, 7) is 1.63. The summed E-state index contributed by atoms with van der Waals surface area (Å²) in [4.78, 5) is 10.4. The third-order valence-electron chi connectivity index (χ3n) is 0.899. The van der Waals surface area contributed by atoms with Crippen molar-refractivity contribution in [1.82, 2.24) is 0 Å². The van der Waals surface area contributed by atoms with Crippen LogP contribution >= 0.6 is 11.9 Å². The van der Waals surface area contributed by atoms with E-state index in [1.54, 1.807) is 6.92 Å². The highest BCUT2D eigenvalue weighted by molar-refractivity contribution is 8.13. The van der Waals surface area contributed by atoms with E-state index in [4.69, 9.17) is 5.11 Å². The first kappa shape index (κ1) is 5.78. The summed E-state index contributed by atoms with van der Waals surface area (Å²) in [7, 11) is 0. The van der Waals surface area contributed by atoms with Gasteiger partial charge in [-0.3, -0.25) is 4.79 Å². The van der Waals surface area contributed by atoms with Gasteiger partial charge in [0, 0.05) is 0 Å². The fourth-order valence-corrected chi connectivity index (χ4v) is 0.992. The van der Waals surface area contributed by atoms with Gasteiger partial charge < -0.3 is 5.11 Å². The molecule has 1 N–H and O–H groups in total. The van der Waals surface area contributed by atoms with E-state index in [-0.39, 0.29) is 5.12 Å². The number of aliphatic hydroxyl groups is 1. The third kappa shape index (κ3) is 0.763. The van der Waals surface area contributed by atoms with Gasteiger partial charge >= 0.3 is 0 Å². The summed E-state index contributed by atoms with van der Waals surface area (Å²) < 4.78 is 3.63. The third-order valence-corrected chi connectivity index (χ3v) is 1.68. The quantitative estimate of drug-likeness (QED) is 0.471. The Kier molecular flexibility index (Phi) is 1.35. The largest absolute Gasteiger partial charge is 0.378 e. The van der Waals surface area contributed by atoms with Gasteiger partial charge in [0.05, 0.1) is 17.7 Å². The molecule has 0 spiro atoms. The van der Waals surface area contributed by atoms with Crippen molar-refractivity contribution in [3.8, 4) is 0 Å². The Balaban J connectivity index is 2.72. The number of hydrogen-bond acceptors (Lipinski definition) is 4. The van der Waals surface area contributed by atoms with Crippen LogP contribution in [0.25, 0.3) is 0 Å². The first-order valence-corrected chi connectivity index (χ1v) is 2.92. The Morgan fingerprint density at radius 2 is 2.50 bits per heavy atom. The number of rotatable bonds is 0. The van der Waals surface area contributed by atoms with Crippen molar-refractivity contribution < 1.29 is 9.90 Å². The second-order valence-corrected chi connectivity index (χ2v) is 2.31. The highest BCUT2D eigenvalue weighted by atomic mass is 32.2. The monoisotopic (exact) mass is 131 g/mol. The van der Waals surface area contributed by atoms with Crippen LogP contribution < -0.4 is 0 Å². The second-order valence-electron chi connectivity index (χ2n) is 1.55. The molecule has 0 aliphatic carbocycles. The zero-order valence-electron chi connectivity index (χ0n) is 4.29. The van der Waals surface area contributed by atoms with Crippen molar-refractivity contribution in [2.75, 3.05) is 0 Å². The number of nitrogens with zero attached hydrogens (tertiary/aromatic N) is 1. The molecule has 0 aromatic heterocycles. The average molecular weight is 131 g/mol. The molecule has 1 rings (SSSR count). The van der Waals surface area contributed by atoms with Gasteiger partial charge in [-0.1, -0.05) is 0 Å². The molecule has 4 heteroatoms. The molecule has 0 radical (unpaired) electrons. The molecule has 1 atom stereocenters. The van der Waals surface area contributed by atoms with Crippen LogP contribution in [0.3, 0.4) is 0 Å². The van der Waals surface area contributed by atoms with Gasteiger partial charge in [-0.15, -0.1) is 0 Å². The highest BCUT2D eigenvalue weighted by Gasteiger charge is 2.24. The Bertz CT molecular complexity index is 154. The number of aliphatic hydroxyl groups excluding tert-OH is 1. The molecular formula is C4H5NO2S. The molecular weight excluding hydrogens is 126 g/mol. The van der Waals surface area contributed by atoms with Crippen molar-refractivity contribution in [2.45, 2.75) is 13.0 Å². The summed E-state index contributed by atoms with van der Waals surface area (Å²) in [6, 6.07) is 0. The van der Waals surface area contributed by atoms with E-state index in [9.17, 15) is 4.79 Å². The van der Waals surface area contributed by atoms with Crippen molar-refractivity contribution in [3.63, 3.8) is 0 Å². The fourth-order valence-electron chi connectivity index (χ4n) is 0.387. The summed E-state index contributed by atoms with van der Waals surface area (Å²) >= 11 is 0.812. The van der Waals surface area contributed by atoms with Crippen LogP contribution in [0.15, 0.2) is 4.40 Å². The van der Waals surface area contributed by atoms with Crippen molar-refractivity contribution >= 4 is 22.8 Å². The SMILES string of the molecule is CC1=NSC(=O)C1O. The Labute approximate surface area is 50.9 Å². The average Bonchev–Trinajstić information content (AvgIpc) is 1.98. The minimum Gasteiger partial charge on any atom is -0.378 e. The normalized spacial score (nSPS) is 28.5.